The lowest BCUT2D eigenvalue weighted by atomic mass is 9.57. The van der Waals surface area contributed by atoms with Gasteiger partial charge in [0.2, 0.25) is 0 Å². The van der Waals surface area contributed by atoms with Crippen molar-refractivity contribution in [2.75, 3.05) is 13.1 Å². The van der Waals surface area contributed by atoms with Gasteiger partial charge in [-0.3, -0.25) is 9.59 Å². The van der Waals surface area contributed by atoms with E-state index >= 15 is 0 Å². The van der Waals surface area contributed by atoms with Crippen LogP contribution in [0, 0.1) is 18.3 Å². The first-order valence-electron chi connectivity index (χ1n) is 11.7. The molecule has 5 rings (SSSR count). The van der Waals surface area contributed by atoms with E-state index in [1.54, 1.807) is 36.2 Å². The van der Waals surface area contributed by atoms with Crippen molar-refractivity contribution in [1.29, 1.82) is 0 Å². The number of ether oxygens (including phenoxy) is 1. The number of alkyl halides is 3. The van der Waals surface area contributed by atoms with Crippen LogP contribution in [-0.4, -0.2) is 45.9 Å². The number of rotatable bonds is 6. The monoisotopic (exact) mass is 554 g/mol. The zero-order valence-corrected chi connectivity index (χ0v) is 21.3. The summed E-state index contributed by atoms with van der Waals surface area (Å²) in [4.78, 5) is 25.8. The fourth-order valence-corrected chi connectivity index (χ4v) is 6.40. The van der Waals surface area contributed by atoms with Gasteiger partial charge in [-0.1, -0.05) is 23.2 Å². The fourth-order valence-electron chi connectivity index (χ4n) is 5.83. The minimum Gasteiger partial charge on any atom is -0.481 e. The second kappa shape index (κ2) is 9.13. The third-order valence-corrected chi connectivity index (χ3v) is 8.04. The molecule has 1 aliphatic carbocycles. The highest BCUT2D eigenvalue weighted by atomic mass is 35.5. The maximum absolute atomic E-state index is 13.2. The fraction of sp³-hybridized carbons (Fsp3) is 0.385. The standard InChI is InChI=1S/C26H23Cl2F3N2O4/c1-14-6-17(37-26(29,30)31)8-16-4-5-32(23(14)16)11-19-20(27)3-2-18(22(19)28)24(36)33-12-25(13-33)9-15(10-25)7-21(34)35/h2-6,8,15H,7,9-13H2,1H3,(H,34,35). The molecular weight excluding hydrogens is 532 g/mol. The predicted molar refractivity (Wildman–Crippen MR) is 132 cm³/mol. The second-order valence-electron chi connectivity index (χ2n) is 10.1. The van der Waals surface area contributed by atoms with Gasteiger partial charge in [-0.2, -0.15) is 0 Å². The molecule has 1 N–H and O–H groups in total. The van der Waals surface area contributed by atoms with E-state index in [-0.39, 0.29) is 41.0 Å². The van der Waals surface area contributed by atoms with Gasteiger partial charge in [0.15, 0.2) is 0 Å². The van der Waals surface area contributed by atoms with E-state index in [0.717, 1.165) is 12.8 Å². The molecule has 2 aliphatic rings. The molecule has 0 radical (unpaired) electrons. The molecule has 11 heteroatoms. The quantitative estimate of drug-likeness (QED) is 0.376. The van der Waals surface area contributed by atoms with Crippen molar-refractivity contribution in [2.45, 2.75) is 39.1 Å². The number of aromatic nitrogens is 1. The number of carbonyl (C=O) groups is 2. The van der Waals surface area contributed by atoms with Crippen LogP contribution in [0.15, 0.2) is 36.5 Å². The van der Waals surface area contributed by atoms with Crippen LogP contribution < -0.4 is 4.74 Å². The molecule has 6 nitrogen and oxygen atoms in total. The van der Waals surface area contributed by atoms with Gasteiger partial charge in [-0.15, -0.1) is 13.2 Å². The summed E-state index contributed by atoms with van der Waals surface area (Å²) >= 11 is 13.1. The van der Waals surface area contributed by atoms with Crippen LogP contribution >= 0.6 is 23.2 Å². The number of amides is 1. The summed E-state index contributed by atoms with van der Waals surface area (Å²) in [6, 6.07) is 7.52. The maximum atomic E-state index is 13.2. The van der Waals surface area contributed by atoms with E-state index in [1.165, 1.54) is 12.1 Å². The number of carboxylic acids is 1. The molecule has 1 saturated heterocycles. The number of nitrogens with zero attached hydrogens (tertiary/aromatic N) is 2. The Morgan fingerprint density at radius 1 is 1.16 bits per heavy atom. The smallest absolute Gasteiger partial charge is 0.481 e. The number of halogens is 5. The molecule has 1 aromatic heterocycles. The van der Waals surface area contributed by atoms with Crippen molar-refractivity contribution in [3.8, 4) is 5.75 Å². The summed E-state index contributed by atoms with van der Waals surface area (Å²) in [5.41, 5.74) is 2.14. The number of aryl methyl sites for hydroxylation is 1. The molecule has 2 fully saturated rings. The Kier molecular flexibility index (Phi) is 6.35. The Morgan fingerprint density at radius 3 is 2.51 bits per heavy atom. The summed E-state index contributed by atoms with van der Waals surface area (Å²) in [5, 5.41) is 10.1. The van der Waals surface area contributed by atoms with Crippen LogP contribution in [0.3, 0.4) is 0 Å². The summed E-state index contributed by atoms with van der Waals surface area (Å²) in [5.74, 6) is -1.14. The Labute approximate surface area is 220 Å². The van der Waals surface area contributed by atoms with Gasteiger partial charge in [-0.05, 0) is 61.6 Å². The number of aliphatic carboxylic acids is 1. The first-order valence-corrected chi connectivity index (χ1v) is 12.4. The second-order valence-corrected chi connectivity index (χ2v) is 10.9. The van der Waals surface area contributed by atoms with Crippen LogP contribution in [-0.2, 0) is 11.3 Å². The molecule has 1 amide bonds. The van der Waals surface area contributed by atoms with E-state index < -0.39 is 12.3 Å². The zero-order chi connectivity index (χ0) is 26.7. The van der Waals surface area contributed by atoms with Gasteiger partial charge < -0.3 is 19.3 Å². The van der Waals surface area contributed by atoms with Gasteiger partial charge in [0.25, 0.3) is 5.91 Å². The Hall–Kier alpha value is -2.91. The van der Waals surface area contributed by atoms with Crippen molar-refractivity contribution >= 4 is 46.0 Å². The third-order valence-electron chi connectivity index (χ3n) is 7.25. The van der Waals surface area contributed by atoms with E-state index in [0.29, 0.717) is 45.7 Å². The third kappa shape index (κ3) is 4.99. The average molecular weight is 555 g/mol. The highest BCUT2D eigenvalue weighted by molar-refractivity contribution is 6.38. The number of carboxylic acid groups (broad SMARTS) is 1. The molecule has 0 bridgehead atoms. The number of fused-ring (bicyclic) bond motifs is 1. The van der Waals surface area contributed by atoms with Crippen LogP contribution in [0.4, 0.5) is 13.2 Å². The van der Waals surface area contributed by atoms with Gasteiger partial charge in [0, 0.05) is 47.1 Å². The molecule has 1 saturated carbocycles. The van der Waals surface area contributed by atoms with Crippen molar-refractivity contribution in [3.05, 3.63) is 63.3 Å². The minimum absolute atomic E-state index is 0.00771. The lowest BCUT2D eigenvalue weighted by Crippen LogP contribution is -2.63. The Balaban J connectivity index is 1.34. The van der Waals surface area contributed by atoms with Crippen molar-refractivity contribution < 1.29 is 32.6 Å². The maximum Gasteiger partial charge on any atom is 0.573 e. The van der Waals surface area contributed by atoms with Gasteiger partial charge in [0.1, 0.15) is 5.75 Å². The van der Waals surface area contributed by atoms with Crippen molar-refractivity contribution in [3.63, 3.8) is 0 Å². The molecule has 3 aromatic rings. The van der Waals surface area contributed by atoms with Gasteiger partial charge >= 0.3 is 12.3 Å². The lowest BCUT2D eigenvalue weighted by Gasteiger charge is -2.59. The summed E-state index contributed by atoms with van der Waals surface area (Å²) in [6.07, 6.45) is -1.30. The molecule has 196 valence electrons. The topological polar surface area (TPSA) is 71.8 Å². The highest BCUT2D eigenvalue weighted by Gasteiger charge is 2.54. The Morgan fingerprint density at radius 2 is 1.86 bits per heavy atom. The number of likely N-dealkylation sites (tertiary alicyclic amines) is 1. The molecule has 37 heavy (non-hydrogen) atoms. The van der Waals surface area contributed by atoms with E-state index in [9.17, 15) is 22.8 Å². The van der Waals surface area contributed by atoms with Crippen LogP contribution in [0.1, 0.15) is 40.7 Å². The molecule has 1 aliphatic heterocycles. The molecular formula is C26H23Cl2F3N2O4. The first kappa shape index (κ1) is 25.7. The molecule has 2 aromatic carbocycles. The largest absolute Gasteiger partial charge is 0.573 e. The van der Waals surface area contributed by atoms with Crippen LogP contribution in [0.5, 0.6) is 5.75 Å². The van der Waals surface area contributed by atoms with E-state index in [2.05, 4.69) is 4.74 Å². The van der Waals surface area contributed by atoms with E-state index in [4.69, 9.17) is 28.3 Å². The number of benzene rings is 2. The zero-order valence-electron chi connectivity index (χ0n) is 19.7. The molecule has 0 unspecified atom stereocenters. The number of carbonyl (C=O) groups excluding carboxylic acids is 1. The normalized spacial score (nSPS) is 17.1. The average Bonchev–Trinajstić information content (AvgIpc) is 3.13. The summed E-state index contributed by atoms with van der Waals surface area (Å²) < 4.78 is 43.9. The van der Waals surface area contributed by atoms with Crippen molar-refractivity contribution in [2.24, 2.45) is 11.3 Å². The van der Waals surface area contributed by atoms with Crippen LogP contribution in [0.25, 0.3) is 10.9 Å². The van der Waals surface area contributed by atoms with Crippen molar-refractivity contribution in [1.82, 2.24) is 9.47 Å². The lowest BCUT2D eigenvalue weighted by molar-refractivity contribution is -0.274. The summed E-state index contributed by atoms with van der Waals surface area (Å²) in [7, 11) is 0. The molecule has 2 heterocycles. The number of hydrogen-bond acceptors (Lipinski definition) is 3. The first-order chi connectivity index (χ1) is 17.3. The SMILES string of the molecule is Cc1cc(OC(F)(F)F)cc2ccn(Cc3c(Cl)ccc(C(=O)N4CC5(CC(CC(=O)O)C5)C4)c3Cl)c12. The highest BCUT2D eigenvalue weighted by Crippen LogP contribution is 2.53. The molecule has 0 atom stereocenters. The number of hydrogen-bond donors (Lipinski definition) is 1. The Bertz CT molecular complexity index is 1410. The van der Waals surface area contributed by atoms with Gasteiger partial charge in [-0.25, -0.2) is 0 Å². The summed E-state index contributed by atoms with van der Waals surface area (Å²) in [6.45, 7) is 3.04. The minimum atomic E-state index is -4.79. The van der Waals surface area contributed by atoms with Gasteiger partial charge in [0.05, 0.1) is 22.6 Å². The van der Waals surface area contributed by atoms with E-state index in [1.807, 2.05) is 4.57 Å². The molecule has 1 spiro atoms. The van der Waals surface area contributed by atoms with Crippen LogP contribution in [0.2, 0.25) is 10.0 Å². The predicted octanol–water partition coefficient (Wildman–Crippen LogP) is 6.53.